The summed E-state index contributed by atoms with van der Waals surface area (Å²) in [6, 6.07) is 10.0. The maximum atomic E-state index is 5.91. The second-order valence-corrected chi connectivity index (χ2v) is 8.85. The third kappa shape index (κ3) is 6.91. The van der Waals surface area contributed by atoms with Crippen molar-refractivity contribution in [2.24, 2.45) is 0 Å². The van der Waals surface area contributed by atoms with Crippen LogP contribution in [0, 0.1) is 0 Å². The van der Waals surface area contributed by atoms with Gasteiger partial charge in [-0.3, -0.25) is 0 Å². The summed E-state index contributed by atoms with van der Waals surface area (Å²) in [6.45, 7) is 8.97. The highest BCUT2D eigenvalue weighted by atomic mass is 35.5. The van der Waals surface area contributed by atoms with Crippen molar-refractivity contribution < 1.29 is 0 Å². The van der Waals surface area contributed by atoms with Crippen LogP contribution in [0.5, 0.6) is 0 Å². The number of fused-ring (bicyclic) bond motifs is 1. The average Bonchev–Trinajstić information content (AvgIpc) is 3.31. The molecule has 0 aromatic carbocycles. The first-order chi connectivity index (χ1) is 13.0. The van der Waals surface area contributed by atoms with Crippen LogP contribution in [0.2, 0.25) is 9.49 Å². The molecule has 0 fully saturated rings. The first-order valence-corrected chi connectivity index (χ1v) is 10.8. The number of thiophene rings is 2. The molecular formula is C21H22Cl2N2S2. The minimum absolute atomic E-state index is 0.569. The van der Waals surface area contributed by atoms with Crippen molar-refractivity contribution in [1.82, 2.24) is 9.88 Å². The Morgan fingerprint density at radius 1 is 1.19 bits per heavy atom. The lowest BCUT2D eigenvalue weighted by Crippen LogP contribution is -2.24. The summed E-state index contributed by atoms with van der Waals surface area (Å²) in [5.41, 5.74) is 2.47. The highest BCUT2D eigenvalue weighted by molar-refractivity contribution is 7.16. The number of hydrogen-bond acceptors (Lipinski definition) is 4. The fourth-order valence-electron chi connectivity index (χ4n) is 2.41. The third-order valence-electron chi connectivity index (χ3n) is 3.76. The molecule has 0 saturated carbocycles. The molecule has 0 saturated heterocycles. The average molecular weight is 437 g/mol. The molecule has 142 valence electrons. The van der Waals surface area contributed by atoms with Crippen molar-refractivity contribution >= 4 is 45.9 Å². The van der Waals surface area contributed by atoms with E-state index in [0.29, 0.717) is 5.15 Å². The van der Waals surface area contributed by atoms with E-state index in [9.17, 15) is 0 Å². The van der Waals surface area contributed by atoms with Crippen molar-refractivity contribution in [1.29, 1.82) is 0 Å². The second-order valence-electron chi connectivity index (χ2n) is 5.78. The van der Waals surface area contributed by atoms with Gasteiger partial charge in [-0.15, -0.1) is 22.7 Å². The Morgan fingerprint density at radius 2 is 1.96 bits per heavy atom. The first kappa shape index (κ1) is 21.9. The van der Waals surface area contributed by atoms with E-state index in [1.807, 2.05) is 29.6 Å². The van der Waals surface area contributed by atoms with Gasteiger partial charge in [-0.05, 0) is 48.7 Å². The molecule has 0 bridgehead atoms. The van der Waals surface area contributed by atoms with E-state index in [1.54, 1.807) is 41.0 Å². The Balaban J connectivity index is 0.000000163. The smallest absolute Gasteiger partial charge is 0.137 e. The van der Waals surface area contributed by atoms with Gasteiger partial charge in [0, 0.05) is 34.6 Å². The largest absolute Gasteiger partial charge is 0.301 e. The van der Waals surface area contributed by atoms with Crippen LogP contribution in [0.15, 0.2) is 67.2 Å². The van der Waals surface area contributed by atoms with Crippen molar-refractivity contribution in [2.45, 2.75) is 13.0 Å². The van der Waals surface area contributed by atoms with Crippen LogP contribution in [0.25, 0.3) is 10.4 Å². The quantitative estimate of drug-likeness (QED) is 0.311. The molecule has 1 aliphatic rings. The van der Waals surface area contributed by atoms with Crippen LogP contribution in [-0.4, -0.2) is 23.5 Å². The number of nitrogens with zero attached hydrogens (tertiary/aromatic N) is 2. The van der Waals surface area contributed by atoms with Gasteiger partial charge in [0.15, 0.2) is 0 Å². The van der Waals surface area contributed by atoms with E-state index in [2.05, 4.69) is 36.2 Å². The molecule has 3 aromatic rings. The van der Waals surface area contributed by atoms with Crippen molar-refractivity contribution in [3.63, 3.8) is 0 Å². The van der Waals surface area contributed by atoms with E-state index in [-0.39, 0.29) is 0 Å². The van der Waals surface area contributed by atoms with Crippen molar-refractivity contribution in [3.05, 3.63) is 87.1 Å². The van der Waals surface area contributed by atoms with Gasteiger partial charge in [-0.2, -0.15) is 0 Å². The number of aromatic nitrogens is 1. The summed E-state index contributed by atoms with van der Waals surface area (Å²) >= 11 is 15.2. The molecule has 1 aliphatic heterocycles. The molecule has 0 N–H and O–H groups in total. The van der Waals surface area contributed by atoms with E-state index in [0.717, 1.165) is 27.7 Å². The zero-order chi connectivity index (χ0) is 19.6. The summed E-state index contributed by atoms with van der Waals surface area (Å²) < 4.78 is 0.935. The predicted molar refractivity (Wildman–Crippen MR) is 122 cm³/mol. The number of hydrogen-bond donors (Lipinski definition) is 0. The van der Waals surface area contributed by atoms with Gasteiger partial charge < -0.3 is 4.90 Å². The van der Waals surface area contributed by atoms with Crippen LogP contribution in [0.4, 0.5) is 0 Å². The lowest BCUT2D eigenvalue weighted by Gasteiger charge is -2.21. The fraction of sp³-hybridized carbons (Fsp3) is 0.190. The van der Waals surface area contributed by atoms with Crippen LogP contribution in [0.3, 0.4) is 0 Å². The molecule has 6 heteroatoms. The van der Waals surface area contributed by atoms with Crippen LogP contribution < -0.4 is 0 Å². The summed E-state index contributed by atoms with van der Waals surface area (Å²) in [6.07, 6.45) is 6.13. The Kier molecular flexibility index (Phi) is 9.25. The van der Waals surface area contributed by atoms with Crippen LogP contribution >= 0.6 is 45.9 Å². The molecule has 2 nitrogen and oxygen atoms in total. The van der Waals surface area contributed by atoms with Gasteiger partial charge in [0.05, 0.1) is 4.34 Å². The number of rotatable bonds is 2. The third-order valence-corrected chi connectivity index (χ3v) is 6.25. The topological polar surface area (TPSA) is 16.1 Å². The van der Waals surface area contributed by atoms with Crippen molar-refractivity contribution in [2.75, 3.05) is 13.6 Å². The van der Waals surface area contributed by atoms with E-state index in [4.69, 9.17) is 23.2 Å². The van der Waals surface area contributed by atoms with Gasteiger partial charge >= 0.3 is 0 Å². The molecule has 4 heterocycles. The zero-order valence-corrected chi connectivity index (χ0v) is 18.3. The second kappa shape index (κ2) is 11.4. The van der Waals surface area contributed by atoms with E-state index < -0.39 is 0 Å². The van der Waals surface area contributed by atoms with E-state index in [1.165, 1.54) is 17.0 Å². The van der Waals surface area contributed by atoms with Gasteiger partial charge in [0.2, 0.25) is 0 Å². The predicted octanol–water partition coefficient (Wildman–Crippen LogP) is 7.21. The van der Waals surface area contributed by atoms with Crippen molar-refractivity contribution in [3.8, 4) is 10.4 Å². The zero-order valence-electron chi connectivity index (χ0n) is 15.2. The number of pyridine rings is 1. The first-order valence-electron chi connectivity index (χ1n) is 8.38. The summed E-state index contributed by atoms with van der Waals surface area (Å²) in [5.74, 6) is 0. The Hall–Kier alpha value is -1.43. The summed E-state index contributed by atoms with van der Waals surface area (Å²) in [4.78, 5) is 8.94. The molecule has 0 spiro atoms. The molecular weight excluding hydrogens is 415 g/mol. The lowest BCUT2D eigenvalue weighted by molar-refractivity contribution is 0.317. The molecule has 3 aromatic heterocycles. The molecule has 0 atom stereocenters. The van der Waals surface area contributed by atoms with Crippen LogP contribution in [0.1, 0.15) is 10.4 Å². The molecule has 0 unspecified atom stereocenters. The maximum Gasteiger partial charge on any atom is 0.137 e. The Morgan fingerprint density at radius 3 is 2.59 bits per heavy atom. The van der Waals surface area contributed by atoms with E-state index >= 15 is 0 Å². The van der Waals surface area contributed by atoms with Gasteiger partial charge in [-0.1, -0.05) is 54.6 Å². The highest BCUT2D eigenvalue weighted by Gasteiger charge is 2.15. The molecule has 0 amide bonds. The monoisotopic (exact) mass is 436 g/mol. The maximum absolute atomic E-state index is 5.91. The molecule has 0 radical (unpaired) electrons. The van der Waals surface area contributed by atoms with Gasteiger partial charge in [0.1, 0.15) is 5.15 Å². The number of likely N-dealkylation sites (N-methyl/N-ethyl adjacent to an activating group) is 1. The molecule has 27 heavy (non-hydrogen) atoms. The fourth-order valence-corrected chi connectivity index (χ4v) is 4.87. The van der Waals surface area contributed by atoms with Crippen LogP contribution in [-0.2, 0) is 13.0 Å². The Labute approximate surface area is 179 Å². The SMILES string of the molecule is C=CC=C.CN1CCc2cc(Cl)sc2C1.Clc1ncccc1-c1cccs1. The Bertz CT molecular complexity index is 851. The van der Waals surface area contributed by atoms with Gasteiger partial charge in [0.25, 0.3) is 0 Å². The van der Waals surface area contributed by atoms with Gasteiger partial charge in [-0.25, -0.2) is 4.98 Å². The number of allylic oxidation sites excluding steroid dienone is 2. The molecule has 4 rings (SSSR count). The summed E-state index contributed by atoms with van der Waals surface area (Å²) in [7, 11) is 2.15. The summed E-state index contributed by atoms with van der Waals surface area (Å²) in [5, 5.41) is 2.60. The number of halogens is 2. The highest BCUT2D eigenvalue weighted by Crippen LogP contribution is 2.30. The lowest BCUT2D eigenvalue weighted by atomic mass is 10.1. The minimum atomic E-state index is 0.569. The normalized spacial score (nSPS) is 12.7. The standard InChI is InChI=1S/C9H6ClNS.C8H10ClNS.C4H6/c10-9-7(3-1-5-11-9)8-4-2-6-12-8;1-10-3-2-6-4-8(9)11-7(6)5-10;1-3-4-2/h1-6H;4H,2-3,5H2,1H3;3-4H,1-2H2. The minimum Gasteiger partial charge on any atom is -0.301 e. The molecule has 0 aliphatic carbocycles.